The lowest BCUT2D eigenvalue weighted by molar-refractivity contribution is -0.305. The molecule has 0 radical (unpaired) electrons. The van der Waals surface area contributed by atoms with Crippen LogP contribution in [0.2, 0.25) is 0 Å². The van der Waals surface area contributed by atoms with Crippen LogP contribution in [0.3, 0.4) is 0 Å². The lowest BCUT2D eigenvalue weighted by Crippen LogP contribution is -2.22. The van der Waals surface area contributed by atoms with Crippen molar-refractivity contribution in [2.75, 3.05) is 0 Å². The average Bonchev–Trinajstić information content (AvgIpc) is 2.98. The van der Waals surface area contributed by atoms with E-state index in [1.807, 2.05) is 36.4 Å². The number of nitrogens with zero attached hydrogens (tertiary/aromatic N) is 1. The van der Waals surface area contributed by atoms with Crippen molar-refractivity contribution >= 4 is 21.9 Å². The lowest BCUT2D eigenvalue weighted by atomic mass is 10.1. The Morgan fingerprint density at radius 2 is 1.75 bits per heavy atom. The number of hydrogen-bond donors (Lipinski definition) is 0. The van der Waals surface area contributed by atoms with Gasteiger partial charge in [0.05, 0.1) is 5.69 Å². The second-order valence-electron chi connectivity index (χ2n) is 5.71. The first kappa shape index (κ1) is 16.5. The van der Waals surface area contributed by atoms with Crippen LogP contribution >= 0.6 is 15.9 Å². The Morgan fingerprint density at radius 1 is 1.04 bits per heavy atom. The Kier molecular flexibility index (Phi) is 4.86. The van der Waals surface area contributed by atoms with Gasteiger partial charge < -0.3 is 14.5 Å². The van der Waals surface area contributed by atoms with E-state index in [2.05, 4.69) is 51.7 Å². The molecular formula is C20H17BrNO2-. The number of halogens is 1. The van der Waals surface area contributed by atoms with Gasteiger partial charge in [0.25, 0.3) is 0 Å². The minimum Gasteiger partial charge on any atom is -0.550 e. The van der Waals surface area contributed by atoms with Gasteiger partial charge in [-0.15, -0.1) is 0 Å². The molecule has 24 heavy (non-hydrogen) atoms. The summed E-state index contributed by atoms with van der Waals surface area (Å²) in [5.41, 5.74) is 5.30. The molecule has 0 aliphatic rings. The third-order valence-corrected chi connectivity index (χ3v) is 4.57. The van der Waals surface area contributed by atoms with Crippen LogP contribution in [0.4, 0.5) is 0 Å². The fourth-order valence-corrected chi connectivity index (χ4v) is 3.11. The molecule has 0 saturated heterocycles. The first-order chi connectivity index (χ1) is 11.6. The molecule has 2 aromatic carbocycles. The van der Waals surface area contributed by atoms with Gasteiger partial charge in [0.1, 0.15) is 0 Å². The SMILES string of the molecule is Cc1ccccc1-n1c(CCC(=O)[O-])ccc1-c1ccc(Br)cc1. The summed E-state index contributed by atoms with van der Waals surface area (Å²) in [6.07, 6.45) is 0.447. The maximum absolute atomic E-state index is 10.9. The summed E-state index contributed by atoms with van der Waals surface area (Å²) < 4.78 is 3.17. The Morgan fingerprint density at radius 3 is 2.42 bits per heavy atom. The summed E-state index contributed by atoms with van der Waals surface area (Å²) in [5, 5.41) is 10.9. The molecule has 122 valence electrons. The highest BCUT2D eigenvalue weighted by atomic mass is 79.9. The number of carboxylic acids is 1. The number of hydrogen-bond acceptors (Lipinski definition) is 2. The predicted molar refractivity (Wildman–Crippen MR) is 97.0 cm³/mol. The van der Waals surface area contributed by atoms with Crippen LogP contribution < -0.4 is 5.11 Å². The molecule has 0 atom stereocenters. The van der Waals surface area contributed by atoms with Gasteiger partial charge in [-0.1, -0.05) is 46.3 Å². The van der Waals surface area contributed by atoms with Crippen LogP contribution in [0.15, 0.2) is 65.1 Å². The number of benzene rings is 2. The molecule has 0 N–H and O–H groups in total. The first-order valence-corrected chi connectivity index (χ1v) is 8.58. The highest BCUT2D eigenvalue weighted by Gasteiger charge is 2.13. The third-order valence-electron chi connectivity index (χ3n) is 4.04. The Bertz CT molecular complexity index is 866. The minimum atomic E-state index is -1.03. The van der Waals surface area contributed by atoms with Crippen molar-refractivity contribution < 1.29 is 9.90 Å². The van der Waals surface area contributed by atoms with Crippen LogP contribution in [-0.4, -0.2) is 10.5 Å². The number of carbonyl (C=O) groups is 1. The minimum absolute atomic E-state index is 0.00960. The number of para-hydroxylation sites is 1. The van der Waals surface area contributed by atoms with Crippen LogP contribution in [-0.2, 0) is 11.2 Å². The van der Waals surface area contributed by atoms with Crippen molar-refractivity contribution in [2.45, 2.75) is 19.8 Å². The second kappa shape index (κ2) is 7.05. The molecule has 3 rings (SSSR count). The topological polar surface area (TPSA) is 45.1 Å². The molecule has 1 heterocycles. The molecule has 0 fully saturated rings. The Balaban J connectivity index is 2.14. The van der Waals surface area contributed by atoms with Crippen LogP contribution in [0.5, 0.6) is 0 Å². The fraction of sp³-hybridized carbons (Fsp3) is 0.150. The van der Waals surface area contributed by atoms with Crippen molar-refractivity contribution in [3.8, 4) is 16.9 Å². The highest BCUT2D eigenvalue weighted by molar-refractivity contribution is 9.10. The highest BCUT2D eigenvalue weighted by Crippen LogP contribution is 2.29. The first-order valence-electron chi connectivity index (χ1n) is 7.78. The van der Waals surface area contributed by atoms with E-state index in [0.717, 1.165) is 32.7 Å². The molecule has 3 aromatic rings. The zero-order valence-corrected chi connectivity index (χ0v) is 14.9. The van der Waals surface area contributed by atoms with E-state index in [1.54, 1.807) is 0 Å². The maximum Gasteiger partial charge on any atom is 0.0531 e. The maximum atomic E-state index is 10.9. The van der Waals surface area contributed by atoms with E-state index in [9.17, 15) is 9.90 Å². The fourth-order valence-electron chi connectivity index (χ4n) is 2.85. The predicted octanol–water partition coefficient (Wildman–Crippen LogP) is 3.90. The van der Waals surface area contributed by atoms with Crippen LogP contribution in [0, 0.1) is 6.92 Å². The Hall–Kier alpha value is -2.33. The summed E-state index contributed by atoms with van der Waals surface area (Å²) in [6.45, 7) is 2.06. The van der Waals surface area contributed by atoms with E-state index in [4.69, 9.17) is 0 Å². The van der Waals surface area contributed by atoms with Gasteiger partial charge in [-0.25, -0.2) is 0 Å². The molecule has 0 unspecified atom stereocenters. The molecular weight excluding hydrogens is 366 g/mol. The number of carbonyl (C=O) groups excluding carboxylic acids is 1. The molecule has 0 saturated carbocycles. The summed E-state index contributed by atoms with van der Waals surface area (Å²) in [7, 11) is 0. The normalized spacial score (nSPS) is 10.8. The van der Waals surface area contributed by atoms with E-state index in [-0.39, 0.29) is 6.42 Å². The number of aliphatic carboxylic acids is 1. The van der Waals surface area contributed by atoms with Gasteiger partial charge in [0, 0.05) is 21.8 Å². The van der Waals surface area contributed by atoms with Gasteiger partial charge in [0.15, 0.2) is 0 Å². The lowest BCUT2D eigenvalue weighted by Gasteiger charge is -2.16. The number of aromatic nitrogens is 1. The zero-order valence-electron chi connectivity index (χ0n) is 13.3. The van der Waals surface area contributed by atoms with Crippen molar-refractivity contribution in [2.24, 2.45) is 0 Å². The monoisotopic (exact) mass is 382 g/mol. The van der Waals surface area contributed by atoms with Crippen molar-refractivity contribution in [3.05, 3.63) is 76.4 Å². The van der Waals surface area contributed by atoms with Gasteiger partial charge in [-0.05, 0) is 61.2 Å². The molecule has 3 nitrogen and oxygen atoms in total. The second-order valence-corrected chi connectivity index (χ2v) is 6.63. The zero-order chi connectivity index (χ0) is 17.1. The number of aryl methyl sites for hydroxylation is 2. The molecule has 0 aliphatic heterocycles. The molecule has 0 spiro atoms. The van der Waals surface area contributed by atoms with E-state index in [1.165, 1.54) is 0 Å². The Labute approximate surface area is 149 Å². The van der Waals surface area contributed by atoms with Crippen molar-refractivity contribution in [3.63, 3.8) is 0 Å². The molecule has 0 amide bonds. The summed E-state index contributed by atoms with van der Waals surface area (Å²) in [4.78, 5) is 10.9. The largest absolute Gasteiger partial charge is 0.550 e. The molecule has 0 bridgehead atoms. The number of carboxylic acid groups (broad SMARTS) is 1. The molecule has 1 aromatic heterocycles. The van der Waals surface area contributed by atoms with E-state index in [0.29, 0.717) is 6.42 Å². The standard InChI is InChI=1S/C20H18BrNO2/c1-14-4-2-3-5-18(14)22-17(11-13-20(23)24)10-12-19(22)15-6-8-16(21)9-7-15/h2-10,12H,11,13H2,1H3,(H,23,24)/p-1. The van der Waals surface area contributed by atoms with E-state index >= 15 is 0 Å². The van der Waals surface area contributed by atoms with Crippen LogP contribution in [0.25, 0.3) is 16.9 Å². The smallest absolute Gasteiger partial charge is 0.0531 e. The van der Waals surface area contributed by atoms with E-state index < -0.39 is 5.97 Å². The molecule has 4 heteroatoms. The van der Waals surface area contributed by atoms with Gasteiger partial charge in [-0.2, -0.15) is 0 Å². The van der Waals surface area contributed by atoms with Gasteiger partial charge in [0.2, 0.25) is 0 Å². The summed E-state index contributed by atoms with van der Waals surface area (Å²) in [6, 6.07) is 20.3. The number of rotatable bonds is 5. The third kappa shape index (κ3) is 3.44. The quantitative estimate of drug-likeness (QED) is 0.671. The van der Waals surface area contributed by atoms with Crippen molar-refractivity contribution in [1.29, 1.82) is 0 Å². The van der Waals surface area contributed by atoms with Gasteiger partial charge >= 0.3 is 0 Å². The molecule has 0 aliphatic carbocycles. The summed E-state index contributed by atoms with van der Waals surface area (Å²) in [5.74, 6) is -1.03. The van der Waals surface area contributed by atoms with Gasteiger partial charge in [-0.3, -0.25) is 0 Å². The van der Waals surface area contributed by atoms with Crippen molar-refractivity contribution in [1.82, 2.24) is 4.57 Å². The average molecular weight is 383 g/mol. The summed E-state index contributed by atoms with van der Waals surface area (Å²) >= 11 is 3.46. The van der Waals surface area contributed by atoms with Crippen LogP contribution in [0.1, 0.15) is 17.7 Å².